The van der Waals surface area contributed by atoms with Crippen LogP contribution in [-0.2, 0) is 0 Å². The van der Waals surface area contributed by atoms with Gasteiger partial charge in [-0.3, -0.25) is 24.6 Å². The first kappa shape index (κ1) is 24.8. The van der Waals surface area contributed by atoms with Gasteiger partial charge in [-0.05, 0) is 82.7 Å². The Balaban J connectivity index is 1.43. The van der Waals surface area contributed by atoms with Crippen LogP contribution in [0.2, 0.25) is 0 Å². The number of hydrogen-bond donors (Lipinski definition) is 3. The molecular weight excluding hydrogens is 422 g/mol. The molecule has 1 aliphatic heterocycles. The minimum atomic E-state index is -0.514. The number of hydrogen-bond acceptors (Lipinski definition) is 7. The Morgan fingerprint density at radius 2 is 1.45 bits per heavy atom. The second kappa shape index (κ2) is 12.4. The van der Waals surface area contributed by atoms with Gasteiger partial charge >= 0.3 is 0 Å². The molecule has 2 amide bonds. The van der Waals surface area contributed by atoms with Gasteiger partial charge in [-0.2, -0.15) is 0 Å². The minimum absolute atomic E-state index is 0.146. The first-order valence-corrected chi connectivity index (χ1v) is 11.7. The lowest BCUT2D eigenvalue weighted by Crippen LogP contribution is -2.41. The highest BCUT2D eigenvalue weighted by atomic mass is 16.6. The number of carbonyl (C=O) groups excluding carboxylic acids is 2. The van der Waals surface area contributed by atoms with E-state index in [1.807, 2.05) is 0 Å². The van der Waals surface area contributed by atoms with Gasteiger partial charge in [0, 0.05) is 29.6 Å². The van der Waals surface area contributed by atoms with Gasteiger partial charge in [-0.25, -0.2) is 0 Å². The monoisotopic (exact) mass is 455 g/mol. The number of nitro benzene ring substituents is 1. The normalized spacial score (nSPS) is 13.2. The van der Waals surface area contributed by atoms with E-state index in [9.17, 15) is 19.7 Å². The van der Waals surface area contributed by atoms with Crippen LogP contribution in [0.15, 0.2) is 30.3 Å². The van der Waals surface area contributed by atoms with Crippen LogP contribution in [0.25, 0.3) is 10.8 Å². The van der Waals surface area contributed by atoms with Crippen LogP contribution < -0.4 is 16.4 Å². The quantitative estimate of drug-likeness (QED) is 0.163. The Kier molecular flexibility index (Phi) is 9.29. The van der Waals surface area contributed by atoms with Gasteiger partial charge in [0.2, 0.25) is 0 Å². The summed E-state index contributed by atoms with van der Waals surface area (Å²) in [7, 11) is 0. The highest BCUT2D eigenvalue weighted by Crippen LogP contribution is 2.33. The predicted molar refractivity (Wildman–Crippen MR) is 128 cm³/mol. The Morgan fingerprint density at radius 1 is 0.848 bits per heavy atom. The molecule has 178 valence electrons. The number of rotatable bonds is 15. The smallest absolute Gasteiger partial charge is 0.270 e. The molecule has 2 aromatic carbocycles. The van der Waals surface area contributed by atoms with Gasteiger partial charge < -0.3 is 16.4 Å². The number of unbranched alkanes of at least 4 members (excludes halogenated alkanes) is 3. The van der Waals surface area contributed by atoms with Gasteiger partial charge in [0.15, 0.2) is 0 Å². The second-order valence-corrected chi connectivity index (χ2v) is 8.33. The van der Waals surface area contributed by atoms with Crippen molar-refractivity contribution in [3.05, 3.63) is 51.6 Å². The Bertz CT molecular complexity index is 994. The van der Waals surface area contributed by atoms with Crippen molar-refractivity contribution in [2.24, 2.45) is 5.73 Å². The zero-order valence-electron chi connectivity index (χ0n) is 19.0. The summed E-state index contributed by atoms with van der Waals surface area (Å²) >= 11 is 0. The van der Waals surface area contributed by atoms with Crippen molar-refractivity contribution in [1.82, 2.24) is 15.5 Å². The van der Waals surface area contributed by atoms with Crippen LogP contribution in [-0.4, -0.2) is 60.9 Å². The van der Waals surface area contributed by atoms with E-state index < -0.39 is 10.8 Å². The van der Waals surface area contributed by atoms with E-state index in [4.69, 9.17) is 5.73 Å². The van der Waals surface area contributed by atoms with Gasteiger partial charge in [0.05, 0.1) is 10.5 Å². The summed E-state index contributed by atoms with van der Waals surface area (Å²) in [5.74, 6) is -0.793. The van der Waals surface area contributed by atoms with Crippen LogP contribution in [0.5, 0.6) is 0 Å². The van der Waals surface area contributed by atoms with E-state index in [1.165, 1.54) is 17.0 Å². The molecule has 0 saturated heterocycles. The topological polar surface area (TPSA) is 131 Å². The third kappa shape index (κ3) is 6.34. The molecule has 4 N–H and O–H groups in total. The fourth-order valence-electron chi connectivity index (χ4n) is 4.11. The summed E-state index contributed by atoms with van der Waals surface area (Å²) in [5, 5.41) is 19.1. The summed E-state index contributed by atoms with van der Waals surface area (Å²) in [4.78, 5) is 37.9. The number of amides is 2. The fourth-order valence-corrected chi connectivity index (χ4v) is 4.11. The average Bonchev–Trinajstić information content (AvgIpc) is 2.81. The highest BCUT2D eigenvalue weighted by Gasteiger charge is 2.33. The molecule has 0 aliphatic carbocycles. The van der Waals surface area contributed by atoms with Crippen LogP contribution >= 0.6 is 0 Å². The SMILES string of the molecule is NCCCCNCCCCNCCCCN1C(=O)c2cccc3cc([N+](=O)[O-])cc(c23)C1=O. The molecule has 0 atom stereocenters. The lowest BCUT2D eigenvalue weighted by Gasteiger charge is -2.27. The number of benzene rings is 2. The van der Waals surface area contributed by atoms with Crippen molar-refractivity contribution in [2.45, 2.75) is 38.5 Å². The highest BCUT2D eigenvalue weighted by molar-refractivity contribution is 6.25. The van der Waals surface area contributed by atoms with Crippen molar-refractivity contribution in [3.63, 3.8) is 0 Å². The Hall–Kier alpha value is -2.88. The maximum absolute atomic E-state index is 13.0. The predicted octanol–water partition coefficient (Wildman–Crippen LogP) is 2.82. The molecule has 0 aromatic heterocycles. The summed E-state index contributed by atoms with van der Waals surface area (Å²) in [5.41, 5.74) is 5.97. The van der Waals surface area contributed by atoms with Crippen molar-refractivity contribution in [3.8, 4) is 0 Å². The molecule has 2 aromatic rings. The molecule has 1 aliphatic rings. The van der Waals surface area contributed by atoms with Gasteiger partial charge in [-0.1, -0.05) is 12.1 Å². The van der Waals surface area contributed by atoms with Crippen LogP contribution in [0.4, 0.5) is 5.69 Å². The number of nitrogens with two attached hydrogens (primary N) is 1. The van der Waals surface area contributed by atoms with Gasteiger partial charge in [0.1, 0.15) is 0 Å². The van der Waals surface area contributed by atoms with Crippen molar-refractivity contribution < 1.29 is 14.5 Å². The standard InChI is InChI=1S/C24H33N5O4/c25-10-1-2-11-26-12-3-4-13-27-14-5-6-15-28-23(30)20-9-7-8-18-16-19(29(32)33)17-21(22(18)20)24(28)31/h7-9,16-17,26-27H,1-6,10-15,25H2. The van der Waals surface area contributed by atoms with Crippen LogP contribution in [0, 0.1) is 10.1 Å². The zero-order chi connectivity index (χ0) is 23.6. The molecular formula is C24H33N5O4. The van der Waals surface area contributed by atoms with E-state index in [0.29, 0.717) is 29.3 Å². The molecule has 1 heterocycles. The molecule has 0 radical (unpaired) electrons. The van der Waals surface area contributed by atoms with E-state index >= 15 is 0 Å². The zero-order valence-corrected chi connectivity index (χ0v) is 19.0. The number of carbonyl (C=O) groups is 2. The van der Waals surface area contributed by atoms with Crippen molar-refractivity contribution in [1.29, 1.82) is 0 Å². The number of imide groups is 1. The molecule has 9 heteroatoms. The minimum Gasteiger partial charge on any atom is -0.330 e. The third-order valence-electron chi connectivity index (χ3n) is 5.87. The molecule has 33 heavy (non-hydrogen) atoms. The Labute approximate surface area is 193 Å². The summed E-state index contributed by atoms with van der Waals surface area (Å²) in [6.07, 6.45) is 5.89. The van der Waals surface area contributed by atoms with Crippen LogP contribution in [0.3, 0.4) is 0 Å². The van der Waals surface area contributed by atoms with Crippen LogP contribution in [0.1, 0.15) is 59.2 Å². The lowest BCUT2D eigenvalue weighted by molar-refractivity contribution is -0.384. The Morgan fingerprint density at radius 3 is 2.09 bits per heavy atom. The molecule has 0 spiro atoms. The lowest BCUT2D eigenvalue weighted by atomic mass is 9.93. The summed E-state index contributed by atoms with van der Waals surface area (Å²) in [6, 6.07) is 7.74. The van der Waals surface area contributed by atoms with E-state index in [2.05, 4.69) is 10.6 Å². The molecule has 0 unspecified atom stereocenters. The summed E-state index contributed by atoms with van der Waals surface area (Å²) < 4.78 is 0. The first-order valence-electron chi connectivity index (χ1n) is 11.7. The number of nitrogens with zero attached hydrogens (tertiary/aromatic N) is 2. The molecule has 9 nitrogen and oxygen atoms in total. The summed E-state index contributed by atoms with van der Waals surface area (Å²) in [6.45, 7) is 4.83. The van der Waals surface area contributed by atoms with Crippen molar-refractivity contribution >= 4 is 28.3 Å². The largest absolute Gasteiger partial charge is 0.330 e. The maximum Gasteiger partial charge on any atom is 0.270 e. The first-order chi connectivity index (χ1) is 16.0. The maximum atomic E-state index is 13.0. The number of nitrogens with one attached hydrogen (secondary N) is 2. The van der Waals surface area contributed by atoms with Gasteiger partial charge in [0.25, 0.3) is 17.5 Å². The molecule has 0 saturated carbocycles. The second-order valence-electron chi connectivity index (χ2n) is 8.33. The van der Waals surface area contributed by atoms with Crippen molar-refractivity contribution in [2.75, 3.05) is 39.3 Å². The van der Waals surface area contributed by atoms with E-state index in [-0.39, 0.29) is 17.2 Å². The fraction of sp³-hybridized carbons (Fsp3) is 0.500. The average molecular weight is 456 g/mol. The van der Waals surface area contributed by atoms with E-state index in [1.54, 1.807) is 18.2 Å². The number of nitro groups is 1. The molecule has 3 rings (SSSR count). The third-order valence-corrected chi connectivity index (χ3v) is 5.87. The molecule has 0 fully saturated rings. The van der Waals surface area contributed by atoms with E-state index in [0.717, 1.165) is 64.8 Å². The molecule has 0 bridgehead atoms. The number of non-ortho nitro benzene ring substituents is 1. The van der Waals surface area contributed by atoms with Gasteiger partial charge in [-0.15, -0.1) is 0 Å².